The largest absolute Gasteiger partial charge is 0.493 e. The van der Waals surface area contributed by atoms with Gasteiger partial charge in [0.15, 0.2) is 11.5 Å². The number of carbonyl (C=O) groups is 1. The molecule has 2 aromatic rings. The van der Waals surface area contributed by atoms with Gasteiger partial charge in [0.1, 0.15) is 17.5 Å². The Morgan fingerprint density at radius 2 is 1.66 bits per heavy atom. The molecule has 0 atom stereocenters. The van der Waals surface area contributed by atoms with Crippen molar-refractivity contribution in [2.24, 2.45) is 0 Å². The Hall–Kier alpha value is -2.61. The number of piperidine rings is 1. The van der Waals surface area contributed by atoms with Crippen molar-refractivity contribution in [2.75, 3.05) is 34.4 Å². The fourth-order valence-electron chi connectivity index (χ4n) is 3.66. The number of methoxy groups -OCH3 is 3. The minimum absolute atomic E-state index is 0.304. The number of likely N-dealkylation sites (tertiary alicyclic amines) is 1. The van der Waals surface area contributed by atoms with Crippen molar-refractivity contribution in [3.8, 4) is 11.5 Å². The lowest BCUT2D eigenvalue weighted by molar-refractivity contribution is -0.0668. The van der Waals surface area contributed by atoms with Crippen LogP contribution in [0.25, 0.3) is 10.9 Å². The van der Waals surface area contributed by atoms with E-state index in [1.165, 1.54) is 6.33 Å². The van der Waals surface area contributed by atoms with Crippen LogP contribution in [0.15, 0.2) is 18.5 Å². The van der Waals surface area contributed by atoms with E-state index in [2.05, 4.69) is 9.97 Å². The number of amides is 1. The smallest absolute Gasteiger partial charge is 0.410 e. The quantitative estimate of drug-likeness (QED) is 0.772. The first-order valence-electron chi connectivity index (χ1n) is 9.63. The van der Waals surface area contributed by atoms with Gasteiger partial charge in [0.25, 0.3) is 0 Å². The van der Waals surface area contributed by atoms with E-state index in [0.717, 1.165) is 16.6 Å². The molecule has 0 bridgehead atoms. The summed E-state index contributed by atoms with van der Waals surface area (Å²) in [5.74, 6) is 1.21. The summed E-state index contributed by atoms with van der Waals surface area (Å²) in [5, 5.41) is 0.845. The van der Waals surface area contributed by atoms with E-state index < -0.39 is 11.2 Å². The average molecular weight is 403 g/mol. The van der Waals surface area contributed by atoms with Gasteiger partial charge in [-0.2, -0.15) is 0 Å². The van der Waals surface area contributed by atoms with Crippen LogP contribution < -0.4 is 9.47 Å². The molecule has 1 aliphatic rings. The zero-order valence-corrected chi connectivity index (χ0v) is 17.9. The highest BCUT2D eigenvalue weighted by molar-refractivity contribution is 5.85. The van der Waals surface area contributed by atoms with Crippen molar-refractivity contribution < 1.29 is 23.7 Å². The number of benzene rings is 1. The molecule has 2 heterocycles. The molecule has 0 spiro atoms. The highest BCUT2D eigenvalue weighted by Crippen LogP contribution is 2.41. The molecular formula is C21H29N3O5. The second-order valence-electron chi connectivity index (χ2n) is 8.11. The van der Waals surface area contributed by atoms with E-state index in [0.29, 0.717) is 37.4 Å². The summed E-state index contributed by atoms with van der Waals surface area (Å²) >= 11 is 0. The summed E-state index contributed by atoms with van der Waals surface area (Å²) in [7, 11) is 4.87. The summed E-state index contributed by atoms with van der Waals surface area (Å²) in [6, 6.07) is 3.71. The lowest BCUT2D eigenvalue weighted by Crippen LogP contribution is -2.48. The number of hydrogen-bond acceptors (Lipinski definition) is 7. The van der Waals surface area contributed by atoms with Gasteiger partial charge in [-0.25, -0.2) is 14.8 Å². The van der Waals surface area contributed by atoms with Crippen molar-refractivity contribution in [3.63, 3.8) is 0 Å². The molecule has 29 heavy (non-hydrogen) atoms. The van der Waals surface area contributed by atoms with Crippen molar-refractivity contribution in [3.05, 3.63) is 24.2 Å². The number of aromatic nitrogens is 2. The number of ether oxygens (including phenoxy) is 4. The van der Waals surface area contributed by atoms with Crippen LogP contribution in [0.4, 0.5) is 4.79 Å². The van der Waals surface area contributed by atoms with Gasteiger partial charge in [-0.1, -0.05) is 0 Å². The number of hydrogen-bond donors (Lipinski definition) is 0. The third-order valence-electron chi connectivity index (χ3n) is 5.19. The van der Waals surface area contributed by atoms with Crippen LogP contribution in [0, 0.1) is 0 Å². The van der Waals surface area contributed by atoms with Crippen LogP contribution in [0.5, 0.6) is 11.5 Å². The van der Waals surface area contributed by atoms with Crippen molar-refractivity contribution in [2.45, 2.75) is 44.8 Å². The van der Waals surface area contributed by atoms with Gasteiger partial charge in [-0.15, -0.1) is 0 Å². The van der Waals surface area contributed by atoms with E-state index in [1.54, 1.807) is 26.2 Å². The fourth-order valence-corrected chi connectivity index (χ4v) is 3.66. The zero-order chi connectivity index (χ0) is 21.2. The van der Waals surface area contributed by atoms with E-state index in [1.807, 2.05) is 32.9 Å². The van der Waals surface area contributed by atoms with Crippen LogP contribution in [-0.4, -0.2) is 61.0 Å². The minimum Gasteiger partial charge on any atom is -0.493 e. The van der Waals surface area contributed by atoms with Gasteiger partial charge >= 0.3 is 6.09 Å². The number of rotatable bonds is 4. The molecule has 1 aromatic heterocycles. The van der Waals surface area contributed by atoms with Gasteiger partial charge in [0.05, 0.1) is 25.4 Å². The molecule has 8 nitrogen and oxygen atoms in total. The molecule has 158 valence electrons. The van der Waals surface area contributed by atoms with Crippen LogP contribution in [0.2, 0.25) is 0 Å². The highest BCUT2D eigenvalue weighted by atomic mass is 16.6. The van der Waals surface area contributed by atoms with Crippen LogP contribution in [0.3, 0.4) is 0 Å². The van der Waals surface area contributed by atoms with E-state index in [9.17, 15) is 4.79 Å². The van der Waals surface area contributed by atoms with Gasteiger partial charge in [-0.3, -0.25) is 0 Å². The molecule has 1 saturated heterocycles. The maximum Gasteiger partial charge on any atom is 0.410 e. The molecule has 1 aromatic carbocycles. The summed E-state index contributed by atoms with van der Waals surface area (Å²) in [5.41, 5.74) is 0.387. The second kappa shape index (κ2) is 8.02. The summed E-state index contributed by atoms with van der Waals surface area (Å²) in [6.45, 7) is 6.62. The molecule has 0 radical (unpaired) electrons. The standard InChI is InChI=1S/C21H29N3O5/c1-20(2,3)29-19(25)24-9-7-21(28-6,8-10-24)18-14-11-16(26-4)17(27-5)12-15(14)22-13-23-18/h11-13H,7-10H2,1-6H3. The molecule has 0 N–H and O–H groups in total. The Morgan fingerprint density at radius 1 is 1.03 bits per heavy atom. The summed E-state index contributed by atoms with van der Waals surface area (Å²) < 4.78 is 22.3. The first-order chi connectivity index (χ1) is 13.7. The first-order valence-corrected chi connectivity index (χ1v) is 9.63. The molecule has 1 amide bonds. The molecular weight excluding hydrogens is 374 g/mol. The molecule has 0 saturated carbocycles. The number of fused-ring (bicyclic) bond motifs is 1. The van der Waals surface area contributed by atoms with Gasteiger partial charge in [0, 0.05) is 31.7 Å². The SMILES string of the molecule is COc1cc2ncnc(C3(OC)CCN(C(=O)OC(C)(C)C)CC3)c2cc1OC. The Kier molecular flexibility index (Phi) is 5.84. The van der Waals surface area contributed by atoms with Crippen molar-refractivity contribution >= 4 is 17.0 Å². The van der Waals surface area contributed by atoms with E-state index in [4.69, 9.17) is 18.9 Å². The number of nitrogens with zero attached hydrogens (tertiary/aromatic N) is 3. The molecule has 0 unspecified atom stereocenters. The molecule has 8 heteroatoms. The average Bonchev–Trinajstić information content (AvgIpc) is 2.71. The van der Waals surface area contributed by atoms with Crippen LogP contribution in [0.1, 0.15) is 39.3 Å². The summed E-state index contributed by atoms with van der Waals surface area (Å²) in [6.07, 6.45) is 2.43. The zero-order valence-electron chi connectivity index (χ0n) is 17.9. The maximum absolute atomic E-state index is 12.4. The number of carbonyl (C=O) groups excluding carboxylic acids is 1. The van der Waals surface area contributed by atoms with Crippen molar-refractivity contribution in [1.29, 1.82) is 0 Å². The second-order valence-corrected chi connectivity index (χ2v) is 8.11. The molecule has 3 rings (SSSR count). The first kappa shape index (κ1) is 21.1. The van der Waals surface area contributed by atoms with Gasteiger partial charge in [0.2, 0.25) is 0 Å². The van der Waals surface area contributed by atoms with E-state index >= 15 is 0 Å². The van der Waals surface area contributed by atoms with E-state index in [-0.39, 0.29) is 6.09 Å². The Bertz CT molecular complexity index is 886. The summed E-state index contributed by atoms with van der Waals surface area (Å²) in [4.78, 5) is 23.1. The third-order valence-corrected chi connectivity index (χ3v) is 5.19. The maximum atomic E-state index is 12.4. The normalized spacial score (nSPS) is 16.6. The molecule has 1 aliphatic heterocycles. The van der Waals surface area contributed by atoms with Gasteiger partial charge in [-0.05, 0) is 39.7 Å². The van der Waals surface area contributed by atoms with Gasteiger partial charge < -0.3 is 23.8 Å². The van der Waals surface area contributed by atoms with Crippen LogP contribution in [-0.2, 0) is 15.1 Å². The third kappa shape index (κ3) is 4.22. The Morgan fingerprint density at radius 3 is 2.21 bits per heavy atom. The minimum atomic E-state index is -0.626. The molecule has 1 fully saturated rings. The van der Waals surface area contributed by atoms with Crippen molar-refractivity contribution in [1.82, 2.24) is 14.9 Å². The lowest BCUT2D eigenvalue weighted by atomic mass is 9.85. The Labute approximate surface area is 171 Å². The topological polar surface area (TPSA) is 83.0 Å². The highest BCUT2D eigenvalue weighted by Gasteiger charge is 2.41. The Balaban J connectivity index is 1.93. The predicted molar refractivity (Wildman–Crippen MR) is 108 cm³/mol. The molecule has 0 aliphatic carbocycles. The monoisotopic (exact) mass is 403 g/mol. The lowest BCUT2D eigenvalue weighted by Gasteiger charge is -2.41. The van der Waals surface area contributed by atoms with Crippen LogP contribution >= 0.6 is 0 Å². The fraction of sp³-hybridized carbons (Fsp3) is 0.571. The predicted octanol–water partition coefficient (Wildman–Crippen LogP) is 3.52.